The van der Waals surface area contributed by atoms with E-state index in [1.54, 1.807) is 24.3 Å². The van der Waals surface area contributed by atoms with E-state index in [-0.39, 0.29) is 6.42 Å². The van der Waals surface area contributed by atoms with E-state index in [4.69, 9.17) is 0 Å². The van der Waals surface area contributed by atoms with Crippen LogP contribution in [0.4, 0.5) is 13.2 Å². The van der Waals surface area contributed by atoms with Gasteiger partial charge in [0.1, 0.15) is 0 Å². The molecule has 0 saturated heterocycles. The number of alkyl halides is 3. The molecule has 4 heteroatoms. The fraction of sp³-hybridized carbons (Fsp3) is 0.462. The zero-order valence-corrected chi connectivity index (χ0v) is 9.30. The van der Waals surface area contributed by atoms with Gasteiger partial charge in [0.05, 0.1) is 5.60 Å². The van der Waals surface area contributed by atoms with E-state index < -0.39 is 18.2 Å². The summed E-state index contributed by atoms with van der Waals surface area (Å²) in [6.07, 6.45) is -4.19. The quantitative estimate of drug-likeness (QED) is 0.841. The Morgan fingerprint density at radius 3 is 2.41 bits per heavy atom. The van der Waals surface area contributed by atoms with Gasteiger partial charge in [0.15, 0.2) is 0 Å². The van der Waals surface area contributed by atoms with Crippen LogP contribution in [0.3, 0.4) is 0 Å². The minimum absolute atomic E-state index is 0.122. The van der Waals surface area contributed by atoms with Gasteiger partial charge >= 0.3 is 6.18 Å². The molecule has 1 aliphatic rings. The van der Waals surface area contributed by atoms with Gasteiger partial charge in [0, 0.05) is 6.42 Å². The second kappa shape index (κ2) is 4.33. The number of benzene rings is 1. The molecular weight excluding hydrogens is 229 g/mol. The molecule has 1 N–H and O–H groups in total. The molecule has 0 spiro atoms. The largest absolute Gasteiger partial charge is 0.389 e. The smallest absolute Gasteiger partial charge is 0.385 e. The second-order valence-corrected chi connectivity index (χ2v) is 4.62. The average molecular weight is 243 g/mol. The SMILES string of the molecule is OC1(c2ccccc2)CC[C](CC(F)(F)F)C1. The van der Waals surface area contributed by atoms with E-state index in [1.807, 2.05) is 6.07 Å². The van der Waals surface area contributed by atoms with E-state index in [9.17, 15) is 18.3 Å². The van der Waals surface area contributed by atoms with Gasteiger partial charge in [0.2, 0.25) is 0 Å². The van der Waals surface area contributed by atoms with E-state index >= 15 is 0 Å². The van der Waals surface area contributed by atoms with Gasteiger partial charge in [-0.2, -0.15) is 13.2 Å². The topological polar surface area (TPSA) is 20.2 Å². The molecule has 1 unspecified atom stereocenters. The molecule has 1 saturated carbocycles. The molecule has 93 valence electrons. The Bertz CT molecular complexity index is 374. The number of halogens is 3. The molecule has 17 heavy (non-hydrogen) atoms. The normalized spacial score (nSPS) is 26.4. The third-order valence-electron chi connectivity index (χ3n) is 3.20. The van der Waals surface area contributed by atoms with Gasteiger partial charge in [-0.1, -0.05) is 30.3 Å². The molecule has 0 aliphatic heterocycles. The molecule has 1 fully saturated rings. The number of hydrogen-bond donors (Lipinski definition) is 1. The maximum absolute atomic E-state index is 12.3. The van der Waals surface area contributed by atoms with E-state index in [0.29, 0.717) is 24.3 Å². The monoisotopic (exact) mass is 243 g/mol. The predicted octanol–water partition coefficient (Wildman–Crippen LogP) is 3.58. The summed E-state index contributed by atoms with van der Waals surface area (Å²) in [4.78, 5) is 0. The van der Waals surface area contributed by atoms with Crippen LogP contribution >= 0.6 is 0 Å². The van der Waals surface area contributed by atoms with Crippen LogP contribution in [0.5, 0.6) is 0 Å². The van der Waals surface area contributed by atoms with Crippen molar-refractivity contribution in [3.8, 4) is 0 Å². The third kappa shape index (κ3) is 3.00. The summed E-state index contributed by atoms with van der Waals surface area (Å²) in [5, 5.41) is 10.3. The first-order valence-electron chi connectivity index (χ1n) is 5.57. The zero-order valence-electron chi connectivity index (χ0n) is 9.30. The van der Waals surface area contributed by atoms with E-state index in [0.717, 1.165) is 0 Å². The van der Waals surface area contributed by atoms with Crippen LogP contribution in [0.2, 0.25) is 0 Å². The summed E-state index contributed by atoms with van der Waals surface area (Å²) in [5.74, 6) is 0.392. The lowest BCUT2D eigenvalue weighted by Gasteiger charge is -2.23. The van der Waals surface area contributed by atoms with Crippen molar-refractivity contribution in [2.45, 2.75) is 37.5 Å². The molecular formula is C13H14F3O. The van der Waals surface area contributed by atoms with Gasteiger partial charge in [-0.05, 0) is 30.7 Å². The van der Waals surface area contributed by atoms with Crippen LogP contribution in [0.1, 0.15) is 31.2 Å². The lowest BCUT2D eigenvalue weighted by molar-refractivity contribution is -0.132. The van der Waals surface area contributed by atoms with Crippen molar-refractivity contribution in [2.24, 2.45) is 0 Å². The Morgan fingerprint density at radius 2 is 1.82 bits per heavy atom. The fourth-order valence-corrected chi connectivity index (χ4v) is 2.40. The van der Waals surface area contributed by atoms with Gasteiger partial charge < -0.3 is 5.11 Å². The summed E-state index contributed by atoms with van der Waals surface area (Å²) in [6, 6.07) is 8.92. The summed E-state index contributed by atoms with van der Waals surface area (Å²) in [5.41, 5.74) is -0.404. The first-order valence-corrected chi connectivity index (χ1v) is 5.57. The van der Waals surface area contributed by atoms with Crippen LogP contribution in [-0.2, 0) is 5.60 Å². The highest BCUT2D eigenvalue weighted by Crippen LogP contribution is 2.46. The van der Waals surface area contributed by atoms with Crippen molar-refractivity contribution in [3.63, 3.8) is 0 Å². The Labute approximate surface area is 98.3 Å². The van der Waals surface area contributed by atoms with Crippen LogP contribution < -0.4 is 0 Å². The molecule has 1 atom stereocenters. The first kappa shape index (κ1) is 12.4. The minimum Gasteiger partial charge on any atom is -0.385 e. The molecule has 1 aliphatic carbocycles. The van der Waals surface area contributed by atoms with Gasteiger partial charge in [-0.3, -0.25) is 0 Å². The first-order chi connectivity index (χ1) is 7.89. The molecule has 1 aromatic carbocycles. The lowest BCUT2D eigenvalue weighted by Crippen LogP contribution is -2.22. The summed E-state index contributed by atoms with van der Waals surface area (Å²) in [7, 11) is 0. The van der Waals surface area contributed by atoms with E-state index in [2.05, 4.69) is 0 Å². The molecule has 1 aromatic rings. The maximum atomic E-state index is 12.3. The maximum Gasteiger partial charge on any atom is 0.389 e. The third-order valence-corrected chi connectivity index (χ3v) is 3.20. The summed E-state index contributed by atoms with van der Waals surface area (Å²) in [6.45, 7) is 0. The number of hydrogen-bond acceptors (Lipinski definition) is 1. The molecule has 0 heterocycles. The number of aliphatic hydroxyl groups is 1. The number of rotatable bonds is 2. The Kier molecular flexibility index (Phi) is 3.17. The summed E-state index contributed by atoms with van der Waals surface area (Å²) < 4.78 is 36.8. The van der Waals surface area contributed by atoms with Crippen molar-refractivity contribution >= 4 is 0 Å². The zero-order chi connectivity index (χ0) is 12.5. The Hall–Kier alpha value is -1.03. The molecule has 0 amide bonds. The highest BCUT2D eigenvalue weighted by atomic mass is 19.4. The van der Waals surface area contributed by atoms with Crippen LogP contribution in [0.15, 0.2) is 30.3 Å². The molecule has 1 nitrogen and oxygen atoms in total. The van der Waals surface area contributed by atoms with Crippen molar-refractivity contribution in [1.29, 1.82) is 0 Å². The highest BCUT2D eigenvalue weighted by molar-refractivity contribution is 5.26. The van der Waals surface area contributed by atoms with Crippen LogP contribution in [0, 0.1) is 5.92 Å². The highest BCUT2D eigenvalue weighted by Gasteiger charge is 2.43. The van der Waals surface area contributed by atoms with Crippen molar-refractivity contribution < 1.29 is 18.3 Å². The van der Waals surface area contributed by atoms with E-state index in [1.165, 1.54) is 0 Å². The second-order valence-electron chi connectivity index (χ2n) is 4.62. The van der Waals surface area contributed by atoms with Gasteiger partial charge in [0.25, 0.3) is 0 Å². The van der Waals surface area contributed by atoms with Crippen LogP contribution in [0.25, 0.3) is 0 Å². The predicted molar refractivity (Wildman–Crippen MR) is 58.1 cm³/mol. The summed E-state index contributed by atoms with van der Waals surface area (Å²) >= 11 is 0. The molecule has 1 radical (unpaired) electrons. The molecule has 0 aromatic heterocycles. The Balaban J connectivity index is 2.06. The van der Waals surface area contributed by atoms with Gasteiger partial charge in [-0.25, -0.2) is 0 Å². The van der Waals surface area contributed by atoms with Crippen molar-refractivity contribution in [3.05, 3.63) is 41.8 Å². The fourth-order valence-electron chi connectivity index (χ4n) is 2.40. The molecule has 2 rings (SSSR count). The van der Waals surface area contributed by atoms with Crippen molar-refractivity contribution in [2.75, 3.05) is 0 Å². The van der Waals surface area contributed by atoms with Crippen LogP contribution in [-0.4, -0.2) is 11.3 Å². The van der Waals surface area contributed by atoms with Gasteiger partial charge in [-0.15, -0.1) is 0 Å². The lowest BCUT2D eigenvalue weighted by atomic mass is 9.90. The minimum atomic E-state index is -4.17. The van der Waals surface area contributed by atoms with Crippen molar-refractivity contribution in [1.82, 2.24) is 0 Å². The molecule has 0 bridgehead atoms. The average Bonchev–Trinajstić information content (AvgIpc) is 2.60. The Morgan fingerprint density at radius 1 is 1.18 bits per heavy atom. The standard InChI is InChI=1S/C13H14F3O/c14-13(15,16)9-10-6-7-12(17,8-10)11-4-2-1-3-5-11/h1-5,17H,6-9H2.